The van der Waals surface area contributed by atoms with Gasteiger partial charge < -0.3 is 10.5 Å². The summed E-state index contributed by atoms with van der Waals surface area (Å²) in [5.74, 6) is 1.32. The average molecular weight is 270 g/mol. The highest BCUT2D eigenvalue weighted by Crippen LogP contribution is 2.26. The SMILES string of the molecule is CC(C)=CCCC(C)Oc1cccc2ccc(N)nc12. The topological polar surface area (TPSA) is 48.1 Å². The lowest BCUT2D eigenvalue weighted by molar-refractivity contribution is 0.214. The van der Waals surface area contributed by atoms with Gasteiger partial charge in [0.25, 0.3) is 0 Å². The van der Waals surface area contributed by atoms with E-state index >= 15 is 0 Å². The summed E-state index contributed by atoms with van der Waals surface area (Å²) in [5, 5.41) is 1.05. The van der Waals surface area contributed by atoms with Crippen molar-refractivity contribution in [3.05, 3.63) is 42.0 Å². The van der Waals surface area contributed by atoms with Crippen LogP contribution in [-0.4, -0.2) is 11.1 Å². The lowest BCUT2D eigenvalue weighted by Crippen LogP contribution is -2.11. The molecule has 0 fully saturated rings. The highest BCUT2D eigenvalue weighted by atomic mass is 16.5. The first-order valence-electron chi connectivity index (χ1n) is 7.01. The summed E-state index contributed by atoms with van der Waals surface area (Å²) in [6.07, 6.45) is 4.41. The van der Waals surface area contributed by atoms with Crippen LogP contribution in [-0.2, 0) is 0 Å². The average Bonchev–Trinajstić information content (AvgIpc) is 2.39. The van der Waals surface area contributed by atoms with Crippen molar-refractivity contribution in [2.45, 2.75) is 39.7 Å². The smallest absolute Gasteiger partial charge is 0.146 e. The van der Waals surface area contributed by atoms with Gasteiger partial charge in [0, 0.05) is 5.39 Å². The Labute approximate surface area is 120 Å². The maximum absolute atomic E-state index is 6.02. The fourth-order valence-electron chi connectivity index (χ4n) is 2.11. The Hall–Kier alpha value is -2.03. The summed E-state index contributed by atoms with van der Waals surface area (Å²) in [7, 11) is 0. The van der Waals surface area contributed by atoms with E-state index in [0.717, 1.165) is 29.5 Å². The number of pyridine rings is 1. The van der Waals surface area contributed by atoms with Crippen LogP contribution in [0.1, 0.15) is 33.6 Å². The van der Waals surface area contributed by atoms with Crippen LogP contribution in [0.5, 0.6) is 5.75 Å². The zero-order valence-electron chi connectivity index (χ0n) is 12.4. The highest BCUT2D eigenvalue weighted by Gasteiger charge is 2.08. The number of nitrogen functional groups attached to an aromatic ring is 1. The molecule has 0 saturated carbocycles. The number of allylic oxidation sites excluding steroid dienone is 2. The van der Waals surface area contributed by atoms with E-state index in [-0.39, 0.29) is 6.10 Å². The zero-order valence-corrected chi connectivity index (χ0v) is 12.4. The van der Waals surface area contributed by atoms with Crippen molar-refractivity contribution >= 4 is 16.7 Å². The Morgan fingerprint density at radius 2 is 2.10 bits per heavy atom. The normalized spacial score (nSPS) is 12.2. The summed E-state index contributed by atoms with van der Waals surface area (Å²) in [6.45, 7) is 6.32. The Kier molecular flexibility index (Phi) is 4.61. The molecule has 1 atom stereocenters. The molecule has 20 heavy (non-hydrogen) atoms. The van der Waals surface area contributed by atoms with Gasteiger partial charge in [-0.1, -0.05) is 23.8 Å². The van der Waals surface area contributed by atoms with Gasteiger partial charge in [-0.05, 0) is 51.8 Å². The summed E-state index contributed by atoms with van der Waals surface area (Å²) in [6, 6.07) is 9.73. The molecule has 2 rings (SSSR count). The van der Waals surface area contributed by atoms with Crippen molar-refractivity contribution < 1.29 is 4.74 Å². The minimum atomic E-state index is 0.152. The third kappa shape index (κ3) is 3.73. The molecule has 3 heteroatoms. The van der Waals surface area contributed by atoms with E-state index in [0.29, 0.717) is 5.82 Å². The van der Waals surface area contributed by atoms with Crippen LogP contribution in [0.3, 0.4) is 0 Å². The van der Waals surface area contributed by atoms with Crippen LogP contribution in [0.25, 0.3) is 10.9 Å². The van der Waals surface area contributed by atoms with Gasteiger partial charge in [-0.15, -0.1) is 0 Å². The van der Waals surface area contributed by atoms with Crippen LogP contribution >= 0.6 is 0 Å². The maximum Gasteiger partial charge on any atom is 0.146 e. The maximum atomic E-state index is 6.02. The molecule has 0 aliphatic rings. The molecule has 1 heterocycles. The number of nitrogens with two attached hydrogens (primary N) is 1. The standard InChI is InChI=1S/C17H22N2O/c1-12(2)6-4-7-13(3)20-15-9-5-8-14-10-11-16(18)19-17(14)15/h5-6,8-11,13H,4,7H2,1-3H3,(H2,18,19). The number of nitrogens with zero attached hydrogens (tertiary/aromatic N) is 1. The third-order valence-corrected chi connectivity index (χ3v) is 3.16. The number of ether oxygens (including phenoxy) is 1. The molecule has 0 radical (unpaired) electrons. The third-order valence-electron chi connectivity index (χ3n) is 3.16. The molecule has 1 unspecified atom stereocenters. The number of anilines is 1. The van der Waals surface area contributed by atoms with Crippen molar-refractivity contribution in [2.75, 3.05) is 5.73 Å². The first-order valence-corrected chi connectivity index (χ1v) is 7.01. The van der Waals surface area contributed by atoms with Crippen molar-refractivity contribution in [1.29, 1.82) is 0 Å². The van der Waals surface area contributed by atoms with E-state index in [2.05, 4.69) is 31.8 Å². The molecule has 106 valence electrons. The van der Waals surface area contributed by atoms with Gasteiger partial charge in [-0.2, -0.15) is 0 Å². The predicted molar refractivity (Wildman–Crippen MR) is 84.9 cm³/mol. The van der Waals surface area contributed by atoms with E-state index in [9.17, 15) is 0 Å². The van der Waals surface area contributed by atoms with Gasteiger partial charge in [0.2, 0.25) is 0 Å². The molecular weight excluding hydrogens is 248 g/mol. The lowest BCUT2D eigenvalue weighted by Gasteiger charge is -2.15. The number of benzene rings is 1. The van der Waals surface area contributed by atoms with E-state index in [1.807, 2.05) is 30.3 Å². The number of hydrogen-bond acceptors (Lipinski definition) is 3. The van der Waals surface area contributed by atoms with Crippen molar-refractivity contribution in [3.8, 4) is 5.75 Å². The van der Waals surface area contributed by atoms with E-state index in [4.69, 9.17) is 10.5 Å². The second kappa shape index (κ2) is 6.42. The number of fused-ring (bicyclic) bond motifs is 1. The quantitative estimate of drug-likeness (QED) is 0.823. The van der Waals surface area contributed by atoms with Gasteiger partial charge in [0.05, 0.1) is 6.10 Å². The van der Waals surface area contributed by atoms with Crippen LogP contribution in [0.15, 0.2) is 42.0 Å². The first kappa shape index (κ1) is 14.4. The largest absolute Gasteiger partial charge is 0.488 e. The molecule has 0 amide bonds. The fourth-order valence-corrected chi connectivity index (χ4v) is 2.11. The van der Waals surface area contributed by atoms with E-state index in [1.165, 1.54) is 5.57 Å². The lowest BCUT2D eigenvalue weighted by atomic mass is 10.1. The molecule has 0 spiro atoms. The van der Waals surface area contributed by atoms with Gasteiger partial charge >= 0.3 is 0 Å². The molecule has 1 aromatic carbocycles. The van der Waals surface area contributed by atoms with E-state index in [1.54, 1.807) is 0 Å². The second-order valence-corrected chi connectivity index (χ2v) is 5.35. The highest BCUT2D eigenvalue weighted by molar-refractivity contribution is 5.85. The Bertz CT molecular complexity index is 615. The minimum Gasteiger partial charge on any atom is -0.488 e. The fraction of sp³-hybridized carbons (Fsp3) is 0.353. The van der Waals surface area contributed by atoms with Gasteiger partial charge in [-0.3, -0.25) is 0 Å². The van der Waals surface area contributed by atoms with Crippen LogP contribution in [0.2, 0.25) is 0 Å². The van der Waals surface area contributed by atoms with Crippen LogP contribution < -0.4 is 10.5 Å². The van der Waals surface area contributed by atoms with Gasteiger partial charge in [0.1, 0.15) is 17.1 Å². The molecule has 0 aliphatic carbocycles. The monoisotopic (exact) mass is 270 g/mol. The van der Waals surface area contributed by atoms with Crippen molar-refractivity contribution in [1.82, 2.24) is 4.98 Å². The van der Waals surface area contributed by atoms with Crippen molar-refractivity contribution in [3.63, 3.8) is 0 Å². The Morgan fingerprint density at radius 1 is 1.30 bits per heavy atom. The molecule has 0 aliphatic heterocycles. The summed E-state index contributed by atoms with van der Waals surface area (Å²) in [4.78, 5) is 4.38. The summed E-state index contributed by atoms with van der Waals surface area (Å²) < 4.78 is 6.02. The second-order valence-electron chi connectivity index (χ2n) is 5.35. The number of para-hydroxylation sites is 1. The molecule has 0 bridgehead atoms. The number of aromatic nitrogens is 1. The van der Waals surface area contributed by atoms with Gasteiger partial charge in [-0.25, -0.2) is 4.98 Å². The number of rotatable bonds is 5. The van der Waals surface area contributed by atoms with Crippen molar-refractivity contribution in [2.24, 2.45) is 0 Å². The minimum absolute atomic E-state index is 0.152. The Morgan fingerprint density at radius 3 is 2.85 bits per heavy atom. The molecule has 1 aromatic heterocycles. The molecule has 0 saturated heterocycles. The Balaban J connectivity index is 2.13. The van der Waals surface area contributed by atoms with E-state index < -0.39 is 0 Å². The molecule has 3 nitrogen and oxygen atoms in total. The van der Waals surface area contributed by atoms with Gasteiger partial charge in [0.15, 0.2) is 0 Å². The number of hydrogen-bond donors (Lipinski definition) is 1. The molecule has 2 aromatic rings. The summed E-state index contributed by atoms with van der Waals surface area (Å²) in [5.41, 5.74) is 7.94. The molecular formula is C17H22N2O. The predicted octanol–water partition coefficient (Wildman–Crippen LogP) is 4.33. The summed E-state index contributed by atoms with van der Waals surface area (Å²) >= 11 is 0. The van der Waals surface area contributed by atoms with Crippen LogP contribution in [0, 0.1) is 0 Å². The molecule has 2 N–H and O–H groups in total. The zero-order chi connectivity index (χ0) is 14.5. The first-order chi connectivity index (χ1) is 9.56. The van der Waals surface area contributed by atoms with Crippen LogP contribution in [0.4, 0.5) is 5.82 Å².